The molecule has 2 heterocycles. The topological polar surface area (TPSA) is 29.9 Å². The number of aromatic nitrogens is 2. The second-order valence-corrected chi connectivity index (χ2v) is 7.17. The summed E-state index contributed by atoms with van der Waals surface area (Å²) < 4.78 is 2.42. The molecule has 0 radical (unpaired) electrons. The second kappa shape index (κ2) is 6.84. The predicted octanol–water partition coefficient (Wildman–Crippen LogP) is 3.47. The van der Waals surface area contributed by atoms with E-state index in [1.807, 2.05) is 0 Å². The molecule has 0 amide bonds. The first-order chi connectivity index (χ1) is 10.3. The van der Waals surface area contributed by atoms with E-state index in [0.717, 1.165) is 30.2 Å². The first-order valence-corrected chi connectivity index (χ1v) is 9.11. The zero-order chi connectivity index (χ0) is 14.7. The standard InChI is InChI=1S/C17H25N3S/c1-3-10-20-15-8-5-4-7-13(15)19-17(20)12-14(18-2)16-9-6-11-21-16/h4-5,7-8,14,16,18H,3,6,9-12H2,1-2H3. The lowest BCUT2D eigenvalue weighted by molar-refractivity contribution is 0.499. The predicted molar refractivity (Wildman–Crippen MR) is 92.1 cm³/mol. The second-order valence-electron chi connectivity index (χ2n) is 5.82. The van der Waals surface area contributed by atoms with Crippen molar-refractivity contribution in [3.8, 4) is 0 Å². The number of aryl methyl sites for hydroxylation is 1. The van der Waals surface area contributed by atoms with Crippen LogP contribution in [-0.2, 0) is 13.0 Å². The molecule has 1 aromatic carbocycles. The normalized spacial score (nSPS) is 20.2. The molecule has 0 saturated carbocycles. The highest BCUT2D eigenvalue weighted by Gasteiger charge is 2.26. The SMILES string of the molecule is CCCn1c(CC(NC)C2CCCS2)nc2ccccc21. The quantitative estimate of drug-likeness (QED) is 0.886. The van der Waals surface area contributed by atoms with Gasteiger partial charge in [-0.3, -0.25) is 0 Å². The number of benzene rings is 1. The van der Waals surface area contributed by atoms with Crippen LogP contribution < -0.4 is 5.32 Å². The van der Waals surface area contributed by atoms with Crippen molar-refractivity contribution in [2.75, 3.05) is 12.8 Å². The molecule has 2 unspecified atom stereocenters. The Morgan fingerprint density at radius 3 is 3.00 bits per heavy atom. The van der Waals surface area contributed by atoms with E-state index < -0.39 is 0 Å². The summed E-state index contributed by atoms with van der Waals surface area (Å²) in [7, 11) is 2.09. The third-order valence-electron chi connectivity index (χ3n) is 4.37. The van der Waals surface area contributed by atoms with Crippen LogP contribution in [0, 0.1) is 0 Å². The molecule has 21 heavy (non-hydrogen) atoms. The average Bonchev–Trinajstić information content (AvgIpc) is 3.14. The molecular weight excluding hydrogens is 278 g/mol. The first kappa shape index (κ1) is 14.9. The monoisotopic (exact) mass is 303 g/mol. The first-order valence-electron chi connectivity index (χ1n) is 8.06. The molecule has 1 aliphatic rings. The number of thioether (sulfide) groups is 1. The van der Waals surface area contributed by atoms with Crippen molar-refractivity contribution in [1.82, 2.24) is 14.9 Å². The van der Waals surface area contributed by atoms with Crippen molar-refractivity contribution in [3.63, 3.8) is 0 Å². The molecule has 114 valence electrons. The Labute approximate surface area is 131 Å². The van der Waals surface area contributed by atoms with Gasteiger partial charge in [-0.25, -0.2) is 4.98 Å². The third kappa shape index (κ3) is 3.11. The lowest BCUT2D eigenvalue weighted by Crippen LogP contribution is -2.37. The van der Waals surface area contributed by atoms with E-state index in [2.05, 4.69) is 59.9 Å². The molecule has 3 nitrogen and oxygen atoms in total. The number of nitrogens with zero attached hydrogens (tertiary/aromatic N) is 2. The molecule has 0 spiro atoms. The van der Waals surface area contributed by atoms with E-state index >= 15 is 0 Å². The van der Waals surface area contributed by atoms with Crippen LogP contribution >= 0.6 is 11.8 Å². The highest BCUT2D eigenvalue weighted by atomic mass is 32.2. The smallest absolute Gasteiger partial charge is 0.111 e. The Morgan fingerprint density at radius 2 is 2.29 bits per heavy atom. The number of likely N-dealkylation sites (N-methyl/N-ethyl adjacent to an activating group) is 1. The molecule has 2 atom stereocenters. The number of para-hydroxylation sites is 2. The maximum absolute atomic E-state index is 4.90. The lowest BCUT2D eigenvalue weighted by atomic mass is 10.1. The number of hydrogen-bond donors (Lipinski definition) is 1. The van der Waals surface area contributed by atoms with Gasteiger partial charge < -0.3 is 9.88 Å². The fourth-order valence-corrected chi connectivity index (χ4v) is 4.72. The molecule has 1 aromatic heterocycles. The van der Waals surface area contributed by atoms with E-state index in [1.54, 1.807) is 0 Å². The van der Waals surface area contributed by atoms with E-state index in [-0.39, 0.29) is 0 Å². The number of fused-ring (bicyclic) bond motifs is 1. The molecule has 1 N–H and O–H groups in total. The van der Waals surface area contributed by atoms with Gasteiger partial charge in [-0.05, 0) is 44.2 Å². The number of hydrogen-bond acceptors (Lipinski definition) is 3. The highest BCUT2D eigenvalue weighted by molar-refractivity contribution is 8.00. The summed E-state index contributed by atoms with van der Waals surface area (Å²) in [6, 6.07) is 9.05. The van der Waals surface area contributed by atoms with Crippen molar-refractivity contribution in [1.29, 1.82) is 0 Å². The van der Waals surface area contributed by atoms with Gasteiger partial charge in [-0.2, -0.15) is 11.8 Å². The van der Waals surface area contributed by atoms with Crippen LogP contribution in [0.2, 0.25) is 0 Å². The van der Waals surface area contributed by atoms with Gasteiger partial charge in [0.15, 0.2) is 0 Å². The van der Waals surface area contributed by atoms with E-state index in [0.29, 0.717) is 6.04 Å². The molecular formula is C17H25N3S. The lowest BCUT2D eigenvalue weighted by Gasteiger charge is -2.22. The number of imidazole rings is 1. The van der Waals surface area contributed by atoms with Gasteiger partial charge in [0.05, 0.1) is 11.0 Å². The van der Waals surface area contributed by atoms with Crippen molar-refractivity contribution >= 4 is 22.8 Å². The zero-order valence-electron chi connectivity index (χ0n) is 13.0. The van der Waals surface area contributed by atoms with Gasteiger partial charge in [0.25, 0.3) is 0 Å². The largest absolute Gasteiger partial charge is 0.328 e. The van der Waals surface area contributed by atoms with Crippen molar-refractivity contribution < 1.29 is 0 Å². The Morgan fingerprint density at radius 1 is 1.43 bits per heavy atom. The van der Waals surface area contributed by atoms with Crippen LogP contribution in [0.5, 0.6) is 0 Å². The van der Waals surface area contributed by atoms with Gasteiger partial charge in [0.1, 0.15) is 5.82 Å². The Hall–Kier alpha value is -1.00. The van der Waals surface area contributed by atoms with Crippen molar-refractivity contribution in [2.24, 2.45) is 0 Å². The van der Waals surface area contributed by atoms with Gasteiger partial charge in [-0.1, -0.05) is 19.1 Å². The summed E-state index contributed by atoms with van der Waals surface area (Å²) in [5.41, 5.74) is 2.41. The minimum Gasteiger partial charge on any atom is -0.328 e. The molecule has 3 rings (SSSR count). The van der Waals surface area contributed by atoms with Crippen LogP contribution in [0.4, 0.5) is 0 Å². The summed E-state index contributed by atoms with van der Waals surface area (Å²) in [5, 5.41) is 4.27. The maximum atomic E-state index is 4.90. The van der Waals surface area contributed by atoms with Crippen molar-refractivity contribution in [3.05, 3.63) is 30.1 Å². The summed E-state index contributed by atoms with van der Waals surface area (Å²) in [5.74, 6) is 2.55. The van der Waals surface area contributed by atoms with Crippen LogP contribution in [0.15, 0.2) is 24.3 Å². The molecule has 4 heteroatoms. The van der Waals surface area contributed by atoms with E-state index in [9.17, 15) is 0 Å². The molecule has 0 aliphatic carbocycles. The molecule has 1 aliphatic heterocycles. The van der Waals surface area contributed by atoms with Gasteiger partial charge >= 0.3 is 0 Å². The fraction of sp³-hybridized carbons (Fsp3) is 0.588. The van der Waals surface area contributed by atoms with Gasteiger partial charge in [0, 0.05) is 24.3 Å². The summed E-state index contributed by atoms with van der Waals surface area (Å²) >= 11 is 2.12. The molecule has 0 bridgehead atoms. The minimum atomic E-state index is 0.532. The number of rotatable bonds is 6. The van der Waals surface area contributed by atoms with Gasteiger partial charge in [-0.15, -0.1) is 0 Å². The molecule has 1 fully saturated rings. The average molecular weight is 303 g/mol. The van der Waals surface area contributed by atoms with Gasteiger partial charge in [0.2, 0.25) is 0 Å². The highest BCUT2D eigenvalue weighted by Crippen LogP contribution is 2.30. The van der Waals surface area contributed by atoms with E-state index in [1.165, 1.54) is 29.9 Å². The van der Waals surface area contributed by atoms with Crippen LogP contribution in [0.25, 0.3) is 11.0 Å². The molecule has 1 saturated heterocycles. The Kier molecular flexibility index (Phi) is 4.86. The summed E-state index contributed by atoms with van der Waals surface area (Å²) in [6.45, 7) is 3.30. The van der Waals surface area contributed by atoms with Crippen LogP contribution in [0.1, 0.15) is 32.0 Å². The molecule has 2 aromatic rings. The maximum Gasteiger partial charge on any atom is 0.111 e. The Bertz CT molecular complexity index is 587. The van der Waals surface area contributed by atoms with E-state index in [4.69, 9.17) is 4.98 Å². The fourth-order valence-electron chi connectivity index (χ4n) is 3.29. The van der Waals surface area contributed by atoms with Crippen LogP contribution in [-0.4, -0.2) is 33.6 Å². The third-order valence-corrected chi connectivity index (χ3v) is 5.88. The summed E-state index contributed by atoms with van der Waals surface area (Å²) in [4.78, 5) is 4.90. The van der Waals surface area contributed by atoms with Crippen molar-refractivity contribution in [2.45, 2.75) is 50.4 Å². The number of nitrogens with one attached hydrogen (secondary N) is 1. The zero-order valence-corrected chi connectivity index (χ0v) is 13.8. The van der Waals surface area contributed by atoms with Crippen LogP contribution in [0.3, 0.4) is 0 Å². The summed E-state index contributed by atoms with van der Waals surface area (Å²) in [6.07, 6.45) is 4.88. The minimum absolute atomic E-state index is 0.532. The Balaban J connectivity index is 1.89.